The lowest BCUT2D eigenvalue weighted by atomic mass is 10.0. The second-order valence-corrected chi connectivity index (χ2v) is 7.79. The van der Waals surface area contributed by atoms with Gasteiger partial charge in [0.25, 0.3) is 5.91 Å². The Hall–Kier alpha value is -1.86. The van der Waals surface area contributed by atoms with Gasteiger partial charge >= 0.3 is 0 Å². The Morgan fingerprint density at radius 1 is 1.25 bits per heavy atom. The third-order valence-electron chi connectivity index (χ3n) is 5.29. The third kappa shape index (κ3) is 3.82. The highest BCUT2D eigenvalue weighted by Gasteiger charge is 2.36. The molecule has 2 aliphatic heterocycles. The molecule has 2 atom stereocenters. The average Bonchev–Trinajstić information content (AvgIpc) is 2.72. The van der Waals surface area contributed by atoms with Crippen LogP contribution in [-0.2, 0) is 4.74 Å². The van der Waals surface area contributed by atoms with E-state index in [0.717, 1.165) is 18.7 Å². The number of fused-ring (bicyclic) bond motifs is 1. The number of rotatable bonds is 3. The maximum Gasteiger partial charge on any atom is 0.255 e. The monoisotopic (exact) mass is 421 g/mol. The van der Waals surface area contributed by atoms with E-state index in [-0.39, 0.29) is 18.1 Å². The quantitative estimate of drug-likeness (QED) is 0.760. The van der Waals surface area contributed by atoms with Crippen molar-refractivity contribution < 1.29 is 14.3 Å². The van der Waals surface area contributed by atoms with E-state index in [9.17, 15) is 4.79 Å². The Morgan fingerprint density at radius 3 is 2.89 bits per heavy atom. The third-order valence-corrected chi connectivity index (χ3v) is 5.89. The molecule has 0 saturated carbocycles. The summed E-state index contributed by atoms with van der Waals surface area (Å²) in [7, 11) is 1.54. The number of hydrogen-bond acceptors (Lipinski definition) is 5. The summed E-state index contributed by atoms with van der Waals surface area (Å²) in [5.41, 5.74) is 1.45. The summed E-state index contributed by atoms with van der Waals surface area (Å²) >= 11 is 12.4. The summed E-state index contributed by atoms with van der Waals surface area (Å²) in [5.74, 6) is 0.426. The Kier molecular flexibility index (Phi) is 5.73. The van der Waals surface area contributed by atoms with Gasteiger partial charge in [-0.2, -0.15) is 0 Å². The van der Waals surface area contributed by atoms with Crippen LogP contribution in [0.1, 0.15) is 22.0 Å². The van der Waals surface area contributed by atoms with Crippen LogP contribution >= 0.6 is 23.2 Å². The van der Waals surface area contributed by atoms with Crippen molar-refractivity contribution in [1.82, 2.24) is 14.8 Å². The average molecular weight is 422 g/mol. The molecule has 8 heteroatoms. The van der Waals surface area contributed by atoms with Crippen LogP contribution < -0.4 is 4.74 Å². The number of halogens is 2. The molecule has 0 radical (unpaired) electrons. The first-order chi connectivity index (χ1) is 13.6. The molecule has 6 nitrogen and oxygen atoms in total. The Morgan fingerprint density at radius 2 is 2.11 bits per heavy atom. The van der Waals surface area contributed by atoms with Gasteiger partial charge in [-0.05, 0) is 18.2 Å². The number of benzene rings is 1. The van der Waals surface area contributed by atoms with Crippen molar-refractivity contribution in [1.29, 1.82) is 0 Å². The highest BCUT2D eigenvalue weighted by atomic mass is 35.5. The molecule has 4 rings (SSSR count). The zero-order chi connectivity index (χ0) is 19.7. The first-order valence-electron chi connectivity index (χ1n) is 9.14. The van der Waals surface area contributed by atoms with Gasteiger partial charge in [-0.25, -0.2) is 0 Å². The zero-order valence-electron chi connectivity index (χ0n) is 15.5. The van der Waals surface area contributed by atoms with Gasteiger partial charge < -0.3 is 14.4 Å². The molecule has 0 spiro atoms. The van der Waals surface area contributed by atoms with E-state index in [0.29, 0.717) is 41.1 Å². The molecular weight excluding hydrogens is 401 g/mol. The molecular formula is C20H21Cl2N3O3. The number of piperazine rings is 1. The SMILES string of the molecule is COc1cccc(C(=O)N2CCN3C[C@H](c4cncc(Cl)c4)OC[C@@H]3C2)c1Cl. The van der Waals surface area contributed by atoms with Gasteiger partial charge in [0, 0.05) is 44.1 Å². The van der Waals surface area contributed by atoms with E-state index in [1.54, 1.807) is 37.7 Å². The summed E-state index contributed by atoms with van der Waals surface area (Å²) in [6.07, 6.45) is 3.35. The van der Waals surface area contributed by atoms with Gasteiger partial charge in [-0.15, -0.1) is 0 Å². The number of methoxy groups -OCH3 is 1. The van der Waals surface area contributed by atoms with Crippen molar-refractivity contribution in [2.75, 3.05) is 39.9 Å². The van der Waals surface area contributed by atoms with Gasteiger partial charge in [0.15, 0.2) is 0 Å². The number of carbonyl (C=O) groups is 1. The first kappa shape index (κ1) is 19.5. The second kappa shape index (κ2) is 8.25. The van der Waals surface area contributed by atoms with Gasteiger partial charge in [0.2, 0.25) is 0 Å². The first-order valence-corrected chi connectivity index (χ1v) is 9.90. The van der Waals surface area contributed by atoms with E-state index < -0.39 is 0 Å². The van der Waals surface area contributed by atoms with Crippen molar-refractivity contribution >= 4 is 29.1 Å². The predicted molar refractivity (Wildman–Crippen MR) is 107 cm³/mol. The van der Waals surface area contributed by atoms with E-state index in [1.165, 1.54) is 0 Å². The van der Waals surface area contributed by atoms with E-state index >= 15 is 0 Å². The minimum atomic E-state index is -0.0790. The molecule has 0 aliphatic carbocycles. The number of morpholine rings is 1. The molecule has 1 aromatic heterocycles. The second-order valence-electron chi connectivity index (χ2n) is 6.98. The molecule has 0 unspecified atom stereocenters. The lowest BCUT2D eigenvalue weighted by molar-refractivity contribution is -0.0859. The molecule has 0 N–H and O–H groups in total. The van der Waals surface area contributed by atoms with Crippen molar-refractivity contribution in [3.05, 3.63) is 57.8 Å². The van der Waals surface area contributed by atoms with E-state index in [2.05, 4.69) is 9.88 Å². The summed E-state index contributed by atoms with van der Waals surface area (Å²) in [6.45, 7) is 3.34. The number of pyridine rings is 1. The summed E-state index contributed by atoms with van der Waals surface area (Å²) in [6, 6.07) is 7.31. The van der Waals surface area contributed by atoms with Gasteiger partial charge in [0.1, 0.15) is 5.75 Å². The minimum Gasteiger partial charge on any atom is -0.495 e. The summed E-state index contributed by atoms with van der Waals surface area (Å²) in [5, 5.41) is 0.958. The number of ether oxygens (including phenoxy) is 2. The number of amides is 1. The van der Waals surface area contributed by atoms with Crippen LogP contribution in [0.25, 0.3) is 0 Å². The molecule has 1 amide bonds. The lowest BCUT2D eigenvalue weighted by Crippen LogP contribution is -2.59. The van der Waals surface area contributed by atoms with E-state index in [1.807, 2.05) is 11.0 Å². The van der Waals surface area contributed by atoms with Crippen LogP contribution in [0.3, 0.4) is 0 Å². The summed E-state index contributed by atoms with van der Waals surface area (Å²) in [4.78, 5) is 21.3. The van der Waals surface area contributed by atoms with Gasteiger partial charge in [-0.3, -0.25) is 14.7 Å². The minimum absolute atomic E-state index is 0.0578. The molecule has 0 bridgehead atoms. The maximum atomic E-state index is 13.0. The number of carbonyl (C=O) groups excluding carboxylic acids is 1. The lowest BCUT2D eigenvalue weighted by Gasteiger charge is -2.46. The van der Waals surface area contributed by atoms with Crippen LogP contribution in [0.5, 0.6) is 5.75 Å². The van der Waals surface area contributed by atoms with Crippen LogP contribution in [-0.4, -0.2) is 66.6 Å². The van der Waals surface area contributed by atoms with Crippen LogP contribution in [0, 0.1) is 0 Å². The molecule has 2 fully saturated rings. The van der Waals surface area contributed by atoms with Crippen molar-refractivity contribution in [3.63, 3.8) is 0 Å². The Bertz CT molecular complexity index is 880. The Balaban J connectivity index is 1.43. The molecule has 2 saturated heterocycles. The fraction of sp³-hybridized carbons (Fsp3) is 0.400. The molecule has 3 heterocycles. The predicted octanol–water partition coefficient (Wildman–Crippen LogP) is 3.29. The number of nitrogens with zero attached hydrogens (tertiary/aromatic N) is 3. The van der Waals surface area contributed by atoms with Crippen LogP contribution in [0.2, 0.25) is 10.0 Å². The standard InChI is InChI=1S/C20H21Cl2N3O3/c1-27-17-4-2-3-16(19(17)22)20(26)25-6-5-24-11-18(28-12-15(24)10-25)13-7-14(21)9-23-8-13/h2-4,7-9,15,18H,5-6,10-12H2,1H3/t15-,18+/m0/s1. The van der Waals surface area contributed by atoms with Gasteiger partial charge in [0.05, 0.1) is 41.5 Å². The fourth-order valence-electron chi connectivity index (χ4n) is 3.78. The van der Waals surface area contributed by atoms with E-state index in [4.69, 9.17) is 32.7 Å². The van der Waals surface area contributed by atoms with Crippen molar-refractivity contribution in [2.24, 2.45) is 0 Å². The molecule has 148 valence electrons. The normalized spacial score (nSPS) is 22.6. The number of aromatic nitrogens is 1. The van der Waals surface area contributed by atoms with Crippen molar-refractivity contribution in [2.45, 2.75) is 12.1 Å². The highest BCUT2D eigenvalue weighted by Crippen LogP contribution is 2.31. The highest BCUT2D eigenvalue weighted by molar-refractivity contribution is 6.35. The fourth-order valence-corrected chi connectivity index (χ4v) is 4.25. The number of hydrogen-bond donors (Lipinski definition) is 0. The van der Waals surface area contributed by atoms with Gasteiger partial charge in [-0.1, -0.05) is 29.3 Å². The van der Waals surface area contributed by atoms with Crippen LogP contribution in [0.15, 0.2) is 36.7 Å². The zero-order valence-corrected chi connectivity index (χ0v) is 17.0. The molecule has 28 heavy (non-hydrogen) atoms. The topological polar surface area (TPSA) is 54.9 Å². The largest absolute Gasteiger partial charge is 0.495 e. The van der Waals surface area contributed by atoms with Crippen LogP contribution in [0.4, 0.5) is 0 Å². The molecule has 2 aromatic rings. The summed E-state index contributed by atoms with van der Waals surface area (Å²) < 4.78 is 11.3. The molecule has 1 aromatic carbocycles. The Labute approximate surface area is 173 Å². The maximum absolute atomic E-state index is 13.0. The molecule has 2 aliphatic rings. The van der Waals surface area contributed by atoms with Crippen molar-refractivity contribution in [3.8, 4) is 5.75 Å². The smallest absolute Gasteiger partial charge is 0.255 e.